The number of carbonyl (C=O) groups is 2. The lowest BCUT2D eigenvalue weighted by atomic mass is 9.81. The summed E-state index contributed by atoms with van der Waals surface area (Å²) in [7, 11) is 0. The summed E-state index contributed by atoms with van der Waals surface area (Å²) in [6, 6.07) is 15.2. The van der Waals surface area contributed by atoms with Crippen LogP contribution >= 0.6 is 35.0 Å². The fraction of sp³-hybridized carbons (Fsp3) is 0.393. The number of rotatable bonds is 8. The first kappa shape index (κ1) is 27.6. The lowest BCUT2D eigenvalue weighted by Crippen LogP contribution is -2.39. The molecule has 0 radical (unpaired) electrons. The number of carbonyl (C=O) groups excluding carboxylic acids is 1. The molecular formula is C28H31Cl2N3O3S. The number of aliphatic imine (C=N–C) groups is 1. The molecule has 0 aromatic heterocycles. The highest BCUT2D eigenvalue weighted by molar-refractivity contribution is 8.18. The van der Waals surface area contributed by atoms with Gasteiger partial charge in [-0.2, -0.15) is 0 Å². The van der Waals surface area contributed by atoms with Gasteiger partial charge in [-0.3, -0.25) is 9.59 Å². The Kier molecular flexibility index (Phi) is 7.98. The minimum absolute atomic E-state index is 0.00718. The van der Waals surface area contributed by atoms with Gasteiger partial charge in [0.05, 0.1) is 6.04 Å². The molecule has 0 unspecified atom stereocenters. The molecule has 2 aromatic carbocycles. The lowest BCUT2D eigenvalue weighted by Gasteiger charge is -2.37. The van der Waals surface area contributed by atoms with Gasteiger partial charge in [0, 0.05) is 22.3 Å². The summed E-state index contributed by atoms with van der Waals surface area (Å²) in [6.07, 6.45) is 0. The minimum atomic E-state index is -1.03. The second-order valence-corrected chi connectivity index (χ2v) is 12.2. The maximum absolute atomic E-state index is 13.8. The van der Waals surface area contributed by atoms with E-state index >= 15 is 0 Å². The van der Waals surface area contributed by atoms with Gasteiger partial charge in [0.2, 0.25) is 0 Å². The highest BCUT2D eigenvalue weighted by atomic mass is 35.5. The van der Waals surface area contributed by atoms with Crippen molar-refractivity contribution in [1.82, 2.24) is 9.80 Å². The number of fused-ring (bicyclic) bond motifs is 1. The molecule has 4 rings (SSSR count). The van der Waals surface area contributed by atoms with E-state index in [1.165, 1.54) is 16.7 Å². The first-order valence-electron chi connectivity index (χ1n) is 12.3. The predicted molar refractivity (Wildman–Crippen MR) is 151 cm³/mol. The van der Waals surface area contributed by atoms with E-state index in [0.717, 1.165) is 22.0 Å². The molecule has 9 heteroatoms. The predicted octanol–water partition coefficient (Wildman–Crippen LogP) is 6.81. The fourth-order valence-electron chi connectivity index (χ4n) is 5.03. The van der Waals surface area contributed by atoms with Gasteiger partial charge in [0.25, 0.3) is 5.91 Å². The quantitative estimate of drug-likeness (QED) is 0.384. The van der Waals surface area contributed by atoms with Crippen LogP contribution in [0.2, 0.25) is 10.0 Å². The molecule has 196 valence electrons. The molecule has 0 aliphatic carbocycles. The third-order valence-corrected chi connectivity index (χ3v) is 8.13. The Morgan fingerprint density at radius 3 is 2.14 bits per heavy atom. The number of nitrogens with zero attached hydrogens (tertiary/aromatic N) is 3. The Hall–Kier alpha value is -2.48. The number of aliphatic carboxylic acids is 1. The largest absolute Gasteiger partial charge is 0.480 e. The van der Waals surface area contributed by atoms with Gasteiger partial charge < -0.3 is 14.9 Å². The highest BCUT2D eigenvalue weighted by Crippen LogP contribution is 2.56. The van der Waals surface area contributed by atoms with Crippen molar-refractivity contribution in [1.29, 1.82) is 0 Å². The Morgan fingerprint density at radius 1 is 1.05 bits per heavy atom. The molecule has 0 spiro atoms. The van der Waals surface area contributed by atoms with E-state index in [0.29, 0.717) is 21.5 Å². The maximum Gasteiger partial charge on any atom is 0.323 e. The van der Waals surface area contributed by atoms with E-state index in [1.807, 2.05) is 76.2 Å². The van der Waals surface area contributed by atoms with Crippen LogP contribution in [-0.4, -0.2) is 45.0 Å². The van der Waals surface area contributed by atoms with Crippen molar-refractivity contribution >= 4 is 52.0 Å². The molecule has 2 aromatic rings. The molecule has 0 bridgehead atoms. The van der Waals surface area contributed by atoms with Crippen LogP contribution in [0.3, 0.4) is 0 Å². The number of thioether (sulfide) groups is 1. The maximum atomic E-state index is 13.8. The van der Waals surface area contributed by atoms with E-state index in [9.17, 15) is 14.7 Å². The summed E-state index contributed by atoms with van der Waals surface area (Å²) in [4.78, 5) is 34.7. The average molecular weight is 561 g/mol. The number of halogens is 2. The minimum Gasteiger partial charge on any atom is -0.480 e. The Labute approximate surface area is 232 Å². The van der Waals surface area contributed by atoms with E-state index in [1.54, 1.807) is 0 Å². The van der Waals surface area contributed by atoms with Crippen LogP contribution in [0.4, 0.5) is 0 Å². The van der Waals surface area contributed by atoms with Crippen molar-refractivity contribution < 1.29 is 14.7 Å². The molecule has 0 fully saturated rings. The summed E-state index contributed by atoms with van der Waals surface area (Å²) in [5, 5.41) is 11.5. The van der Waals surface area contributed by atoms with E-state index in [2.05, 4.69) is 11.8 Å². The van der Waals surface area contributed by atoms with Crippen molar-refractivity contribution in [3.63, 3.8) is 0 Å². The molecule has 37 heavy (non-hydrogen) atoms. The zero-order valence-electron chi connectivity index (χ0n) is 21.5. The van der Waals surface area contributed by atoms with Crippen molar-refractivity contribution in [2.45, 2.75) is 46.2 Å². The summed E-state index contributed by atoms with van der Waals surface area (Å²) in [6.45, 7) is 10.1. The number of carboxylic acid groups (broad SMARTS) is 1. The first-order valence-corrected chi connectivity index (χ1v) is 13.8. The molecule has 6 nitrogen and oxygen atoms in total. The van der Waals surface area contributed by atoms with Crippen molar-refractivity contribution in [3.8, 4) is 0 Å². The van der Waals surface area contributed by atoms with E-state index in [-0.39, 0.29) is 30.3 Å². The number of carboxylic acids is 1. The summed E-state index contributed by atoms with van der Waals surface area (Å²) >= 11 is 13.8. The number of allylic oxidation sites excluding steroid dienone is 1. The third-order valence-electron chi connectivity index (χ3n) is 6.56. The van der Waals surface area contributed by atoms with Crippen LogP contribution in [0.5, 0.6) is 0 Å². The molecule has 2 aliphatic rings. The number of hydrogen-bond donors (Lipinski definition) is 1. The van der Waals surface area contributed by atoms with Crippen molar-refractivity contribution in [2.24, 2.45) is 16.8 Å². The van der Waals surface area contributed by atoms with Gasteiger partial charge in [-0.05, 0) is 65.9 Å². The second-order valence-electron chi connectivity index (χ2n) is 10.3. The Morgan fingerprint density at radius 2 is 1.62 bits per heavy atom. The zero-order chi connectivity index (χ0) is 27.1. The molecule has 0 saturated carbocycles. The van der Waals surface area contributed by atoms with Crippen molar-refractivity contribution in [3.05, 3.63) is 80.3 Å². The van der Waals surface area contributed by atoms with Crippen LogP contribution in [0, 0.1) is 11.8 Å². The van der Waals surface area contributed by atoms with Gasteiger partial charge >= 0.3 is 5.97 Å². The summed E-state index contributed by atoms with van der Waals surface area (Å²) < 4.78 is 0. The van der Waals surface area contributed by atoms with Crippen LogP contribution in [0.1, 0.15) is 51.8 Å². The monoisotopic (exact) mass is 559 g/mol. The molecule has 1 amide bonds. The molecule has 0 saturated heterocycles. The number of benzene rings is 2. The number of amidine groups is 1. The second kappa shape index (κ2) is 10.7. The van der Waals surface area contributed by atoms with E-state index < -0.39 is 11.5 Å². The lowest BCUT2D eigenvalue weighted by molar-refractivity contribution is -0.143. The third kappa shape index (κ3) is 5.40. The summed E-state index contributed by atoms with van der Waals surface area (Å²) in [5.74, 6) is -1.18. The van der Waals surface area contributed by atoms with Gasteiger partial charge in [-0.1, -0.05) is 75.2 Å². The molecule has 2 aliphatic heterocycles. The normalized spacial score (nSPS) is 21.1. The highest BCUT2D eigenvalue weighted by Gasteiger charge is 2.53. The van der Waals surface area contributed by atoms with Gasteiger partial charge in [0.1, 0.15) is 17.0 Å². The SMILES string of the molecule is CC(C)CN(CC(=O)O)C(=O)C1=C(C(C)C)N2C(=N[C@@](C)(c3ccc(Cl)cc3)[C@H]2c2ccc(Cl)cc2)S1. The fourth-order valence-corrected chi connectivity index (χ4v) is 6.66. The van der Waals surface area contributed by atoms with Crippen LogP contribution in [0.15, 0.2) is 64.1 Å². The number of amides is 1. The number of hydrogen-bond acceptors (Lipinski definition) is 5. The van der Waals surface area contributed by atoms with Crippen LogP contribution < -0.4 is 0 Å². The standard InChI is InChI=1S/C28H31Cl2N3O3S/c1-16(2)14-32(15-22(34)35)26(36)24-23(17(3)4)33-25(18-6-10-20(29)11-7-18)28(5,31-27(33)37-24)19-8-12-21(30)13-9-19/h6-13,16-17,25H,14-15H2,1-5H3,(H,34,35)/t25-,28+/m1/s1. The van der Waals surface area contributed by atoms with Gasteiger partial charge in [-0.15, -0.1) is 0 Å². The van der Waals surface area contributed by atoms with Gasteiger partial charge in [-0.25, -0.2) is 4.99 Å². The zero-order valence-corrected chi connectivity index (χ0v) is 23.9. The van der Waals surface area contributed by atoms with Crippen LogP contribution in [0.25, 0.3) is 0 Å². The average Bonchev–Trinajstić information content (AvgIpc) is 3.31. The van der Waals surface area contributed by atoms with Gasteiger partial charge in [0.15, 0.2) is 5.17 Å². The topological polar surface area (TPSA) is 73.2 Å². The van der Waals surface area contributed by atoms with E-state index in [4.69, 9.17) is 28.2 Å². The summed E-state index contributed by atoms with van der Waals surface area (Å²) in [5.41, 5.74) is 2.21. The molecule has 2 heterocycles. The Balaban J connectivity index is 1.85. The molecule has 1 N–H and O–H groups in total. The Bertz CT molecular complexity index is 1260. The molecular weight excluding hydrogens is 529 g/mol. The van der Waals surface area contributed by atoms with Crippen molar-refractivity contribution in [2.75, 3.05) is 13.1 Å². The van der Waals surface area contributed by atoms with Crippen LogP contribution in [-0.2, 0) is 15.1 Å². The smallest absolute Gasteiger partial charge is 0.323 e. The first-order chi connectivity index (χ1) is 17.4. The molecule has 2 atom stereocenters.